The van der Waals surface area contributed by atoms with Gasteiger partial charge in [-0.2, -0.15) is 0 Å². The van der Waals surface area contributed by atoms with Gasteiger partial charge in [0, 0.05) is 21.7 Å². The summed E-state index contributed by atoms with van der Waals surface area (Å²) in [4.78, 5) is 23.9. The highest BCUT2D eigenvalue weighted by Gasteiger charge is 2.28. The normalized spacial score (nSPS) is 23.6. The fourth-order valence-corrected chi connectivity index (χ4v) is 3.61. The molecule has 6 heteroatoms. The first-order valence-electron chi connectivity index (χ1n) is 8.26. The molecule has 1 aromatic rings. The van der Waals surface area contributed by atoms with Crippen LogP contribution in [-0.4, -0.2) is 24.5 Å². The number of esters is 1. The van der Waals surface area contributed by atoms with Crippen LogP contribution in [0.2, 0.25) is 10.0 Å². The third kappa shape index (κ3) is 5.12. The summed E-state index contributed by atoms with van der Waals surface area (Å²) in [5.41, 5.74) is 0.515. The third-order valence-corrected chi connectivity index (χ3v) is 5.51. The Bertz CT molecular complexity index is 586. The molecule has 0 radical (unpaired) electrons. The van der Waals surface area contributed by atoms with Crippen molar-refractivity contribution in [3.05, 3.63) is 33.8 Å². The van der Waals surface area contributed by atoms with Crippen molar-refractivity contribution in [1.29, 1.82) is 0 Å². The predicted molar refractivity (Wildman–Crippen MR) is 95.2 cm³/mol. The molecule has 0 aliphatic heterocycles. The largest absolute Gasteiger partial charge is 0.455 e. The van der Waals surface area contributed by atoms with Gasteiger partial charge in [0.05, 0.1) is 6.42 Å². The first-order chi connectivity index (χ1) is 11.4. The van der Waals surface area contributed by atoms with Gasteiger partial charge in [0.1, 0.15) is 0 Å². The third-order valence-electron chi connectivity index (χ3n) is 4.80. The zero-order valence-corrected chi connectivity index (χ0v) is 15.5. The lowest BCUT2D eigenvalue weighted by atomic mass is 9.78. The highest BCUT2D eigenvalue weighted by atomic mass is 35.5. The van der Waals surface area contributed by atoms with Crippen molar-refractivity contribution >= 4 is 35.1 Å². The second-order valence-corrected chi connectivity index (χ2v) is 7.29. The molecule has 1 N–H and O–H groups in total. The quantitative estimate of drug-likeness (QED) is 0.795. The molecule has 2 rings (SSSR count). The Morgan fingerprint density at radius 3 is 2.54 bits per heavy atom. The zero-order chi connectivity index (χ0) is 17.7. The number of hydrogen-bond donors (Lipinski definition) is 1. The van der Waals surface area contributed by atoms with Crippen molar-refractivity contribution in [2.24, 2.45) is 11.8 Å². The molecular weight excluding hydrogens is 349 g/mol. The molecule has 4 nitrogen and oxygen atoms in total. The molecule has 24 heavy (non-hydrogen) atoms. The Hall–Kier alpha value is -1.26. The summed E-state index contributed by atoms with van der Waals surface area (Å²) in [5, 5.41) is 3.79. The van der Waals surface area contributed by atoms with E-state index in [9.17, 15) is 9.59 Å². The van der Waals surface area contributed by atoms with E-state index in [2.05, 4.69) is 19.2 Å². The maximum atomic E-state index is 12.0. The number of carbonyl (C=O) groups excluding carboxylic acids is 2. The van der Waals surface area contributed by atoms with Crippen molar-refractivity contribution in [1.82, 2.24) is 5.32 Å². The molecule has 1 amide bonds. The summed E-state index contributed by atoms with van der Waals surface area (Å²) in [5.74, 6) is 0.235. The van der Waals surface area contributed by atoms with Crippen molar-refractivity contribution in [2.45, 2.75) is 45.6 Å². The predicted octanol–water partition coefficient (Wildman–Crippen LogP) is 4.02. The summed E-state index contributed by atoms with van der Waals surface area (Å²) >= 11 is 12.0. The van der Waals surface area contributed by atoms with E-state index >= 15 is 0 Å². The topological polar surface area (TPSA) is 55.4 Å². The van der Waals surface area contributed by atoms with Gasteiger partial charge < -0.3 is 10.1 Å². The van der Waals surface area contributed by atoms with Crippen LogP contribution in [0, 0.1) is 11.8 Å². The van der Waals surface area contributed by atoms with Crippen molar-refractivity contribution in [2.75, 3.05) is 6.61 Å². The van der Waals surface area contributed by atoms with Crippen LogP contribution in [0.4, 0.5) is 0 Å². The Kier molecular flexibility index (Phi) is 6.93. The minimum Gasteiger partial charge on any atom is -0.455 e. The monoisotopic (exact) mass is 371 g/mol. The van der Waals surface area contributed by atoms with E-state index < -0.39 is 5.97 Å². The van der Waals surface area contributed by atoms with E-state index in [0.717, 1.165) is 12.8 Å². The SMILES string of the molecule is C[C@@H]1[C@H](C)CCC[C@@H]1NC(=O)COC(=O)Cc1c(Cl)cccc1Cl. The lowest BCUT2D eigenvalue weighted by Crippen LogP contribution is -2.45. The number of ether oxygens (including phenoxy) is 1. The van der Waals surface area contributed by atoms with Crippen LogP contribution in [-0.2, 0) is 20.7 Å². The maximum Gasteiger partial charge on any atom is 0.310 e. The van der Waals surface area contributed by atoms with Gasteiger partial charge in [0.25, 0.3) is 5.91 Å². The Balaban J connectivity index is 1.80. The zero-order valence-electron chi connectivity index (χ0n) is 14.0. The summed E-state index contributed by atoms with van der Waals surface area (Å²) in [6.07, 6.45) is 3.23. The van der Waals surface area contributed by atoms with E-state index in [1.165, 1.54) is 6.42 Å². The van der Waals surface area contributed by atoms with Gasteiger partial charge in [0.15, 0.2) is 6.61 Å². The smallest absolute Gasteiger partial charge is 0.310 e. The Morgan fingerprint density at radius 1 is 1.21 bits per heavy atom. The van der Waals surface area contributed by atoms with Crippen LogP contribution in [0.1, 0.15) is 38.7 Å². The van der Waals surface area contributed by atoms with Crippen molar-refractivity contribution < 1.29 is 14.3 Å². The number of hydrogen-bond acceptors (Lipinski definition) is 3. The lowest BCUT2D eigenvalue weighted by Gasteiger charge is -2.34. The minimum atomic E-state index is -0.523. The first-order valence-corrected chi connectivity index (χ1v) is 9.02. The lowest BCUT2D eigenvalue weighted by molar-refractivity contribution is -0.148. The molecule has 0 bridgehead atoms. The number of halogens is 2. The molecule has 132 valence electrons. The van der Waals surface area contributed by atoms with Gasteiger partial charge in [-0.3, -0.25) is 9.59 Å². The van der Waals surface area contributed by atoms with E-state index in [4.69, 9.17) is 27.9 Å². The average molecular weight is 372 g/mol. The summed E-state index contributed by atoms with van der Waals surface area (Å²) in [6, 6.07) is 5.18. The van der Waals surface area contributed by atoms with Crippen LogP contribution < -0.4 is 5.32 Å². The number of amides is 1. The average Bonchev–Trinajstić information content (AvgIpc) is 2.53. The number of rotatable bonds is 5. The van der Waals surface area contributed by atoms with Crippen LogP contribution in [0.3, 0.4) is 0 Å². The van der Waals surface area contributed by atoms with Gasteiger partial charge in [-0.1, -0.05) is 56.0 Å². The Labute approximate surface area is 152 Å². The minimum absolute atomic E-state index is 0.0529. The molecule has 0 unspecified atom stereocenters. The fraction of sp³-hybridized carbons (Fsp3) is 0.556. The molecule has 0 spiro atoms. The molecule has 1 aliphatic carbocycles. The van der Waals surface area contributed by atoms with E-state index in [0.29, 0.717) is 27.4 Å². The molecule has 0 aromatic heterocycles. The molecule has 0 saturated heterocycles. The fourth-order valence-electron chi connectivity index (χ4n) is 3.08. The second kappa shape index (κ2) is 8.72. The van der Waals surface area contributed by atoms with Gasteiger partial charge >= 0.3 is 5.97 Å². The van der Waals surface area contributed by atoms with Gasteiger partial charge in [-0.15, -0.1) is 0 Å². The highest BCUT2D eigenvalue weighted by molar-refractivity contribution is 6.36. The molecule has 0 heterocycles. The van der Waals surface area contributed by atoms with Crippen molar-refractivity contribution in [3.8, 4) is 0 Å². The van der Waals surface area contributed by atoms with E-state index in [1.54, 1.807) is 18.2 Å². The summed E-state index contributed by atoms with van der Waals surface area (Å²) < 4.78 is 5.05. The first kappa shape index (κ1) is 19.1. The number of carbonyl (C=O) groups is 2. The molecular formula is C18H23Cl2NO3. The summed E-state index contributed by atoms with van der Waals surface area (Å²) in [7, 11) is 0. The van der Waals surface area contributed by atoms with Crippen LogP contribution in [0.25, 0.3) is 0 Å². The van der Waals surface area contributed by atoms with E-state index in [1.807, 2.05) is 0 Å². The second-order valence-electron chi connectivity index (χ2n) is 6.48. The molecule has 1 aliphatic rings. The summed E-state index contributed by atoms with van der Waals surface area (Å²) in [6.45, 7) is 4.08. The van der Waals surface area contributed by atoms with Crippen LogP contribution >= 0.6 is 23.2 Å². The number of benzene rings is 1. The Morgan fingerprint density at radius 2 is 1.88 bits per heavy atom. The van der Waals surface area contributed by atoms with Gasteiger partial charge in [-0.25, -0.2) is 0 Å². The maximum absolute atomic E-state index is 12.0. The van der Waals surface area contributed by atoms with Gasteiger partial charge in [0.2, 0.25) is 0 Å². The molecule has 3 atom stereocenters. The van der Waals surface area contributed by atoms with Crippen LogP contribution in [0.5, 0.6) is 0 Å². The molecule has 1 aromatic carbocycles. The number of nitrogens with one attached hydrogen (secondary N) is 1. The molecule has 1 saturated carbocycles. The molecule has 1 fully saturated rings. The highest BCUT2D eigenvalue weighted by Crippen LogP contribution is 2.29. The van der Waals surface area contributed by atoms with Crippen molar-refractivity contribution in [3.63, 3.8) is 0 Å². The standard InChI is InChI=1S/C18H23Cl2NO3/c1-11-5-3-8-16(12(11)2)21-17(22)10-24-18(23)9-13-14(19)6-4-7-15(13)20/h4,6-7,11-12,16H,3,5,8-10H2,1-2H3,(H,21,22)/t11-,12-,16+/m1/s1. The van der Waals surface area contributed by atoms with Gasteiger partial charge in [-0.05, 0) is 30.4 Å². The van der Waals surface area contributed by atoms with Crippen LogP contribution in [0.15, 0.2) is 18.2 Å². The van der Waals surface area contributed by atoms with E-state index in [-0.39, 0.29) is 25.0 Å².